The smallest absolute Gasteiger partial charge is 0.306 e. The van der Waals surface area contributed by atoms with Crippen LogP contribution in [0.2, 0.25) is 0 Å². The van der Waals surface area contributed by atoms with Gasteiger partial charge in [0.25, 0.3) is 5.24 Å². The number of ketones is 2. The summed E-state index contributed by atoms with van der Waals surface area (Å²) in [6, 6.07) is 14.5. The molecule has 2 heterocycles. The topological polar surface area (TPSA) is 303 Å². The third-order valence-electron chi connectivity index (χ3n) is 23.5. The molecule has 6 fully saturated rings. The number of thioether (sulfide) groups is 1. The van der Waals surface area contributed by atoms with Crippen molar-refractivity contribution in [3.8, 4) is 11.4 Å². The highest BCUT2D eigenvalue weighted by Gasteiger charge is 2.72. The number of rotatable bonds is 16. The third kappa shape index (κ3) is 11.4. The molecule has 8 aliphatic carbocycles. The summed E-state index contributed by atoms with van der Waals surface area (Å²) in [7, 11) is 3.17. The van der Waals surface area contributed by atoms with Gasteiger partial charge >= 0.3 is 11.9 Å². The number of carbonyl (C=O) groups excluding carboxylic acids is 9. The number of amides is 3. The highest BCUT2D eigenvalue weighted by Crippen LogP contribution is 2.71. The van der Waals surface area contributed by atoms with Crippen LogP contribution in [-0.2, 0) is 51.1 Å². The van der Waals surface area contributed by atoms with E-state index in [2.05, 4.69) is 38.6 Å². The lowest BCUT2D eigenvalue weighted by Crippen LogP contribution is -2.62. The lowest BCUT2D eigenvalue weighted by Gasteiger charge is -2.60. The summed E-state index contributed by atoms with van der Waals surface area (Å²) in [5, 5.41) is 32.2. The Labute approximate surface area is 552 Å². The number of nitrogens with zero attached hydrogens (tertiary/aromatic N) is 5. The number of aliphatic hydroxyl groups excluding tert-OH is 2. The zero-order valence-electron chi connectivity index (χ0n) is 54.4. The summed E-state index contributed by atoms with van der Waals surface area (Å²) in [4.78, 5) is 114. The zero-order valence-corrected chi connectivity index (χ0v) is 56.1. The van der Waals surface area contributed by atoms with Crippen LogP contribution in [0.25, 0.3) is 23.5 Å². The second-order valence-corrected chi connectivity index (χ2v) is 30.0. The predicted octanol–water partition coefficient (Wildman–Crippen LogP) is 9.73. The number of ether oxygens (including phenoxy) is 2. The van der Waals surface area contributed by atoms with Gasteiger partial charge in [0.05, 0.1) is 47.4 Å². The zero-order chi connectivity index (χ0) is 67.1. The van der Waals surface area contributed by atoms with Crippen molar-refractivity contribution in [2.75, 3.05) is 14.1 Å². The van der Waals surface area contributed by atoms with Gasteiger partial charge in [0, 0.05) is 86.3 Å². The molecule has 496 valence electrons. The van der Waals surface area contributed by atoms with Gasteiger partial charge in [0.1, 0.15) is 0 Å². The van der Waals surface area contributed by atoms with Crippen LogP contribution < -0.4 is 11.5 Å². The van der Waals surface area contributed by atoms with E-state index >= 15 is 0 Å². The second kappa shape index (κ2) is 25.3. The average molecular weight is 1310 g/mol. The fourth-order valence-corrected chi connectivity index (χ4v) is 20.3. The number of fused-ring (bicyclic) bond motifs is 12. The van der Waals surface area contributed by atoms with E-state index in [0.717, 1.165) is 66.0 Å². The minimum Gasteiger partial charge on any atom is -0.449 e. The fourth-order valence-electron chi connectivity index (χ4n) is 19.0. The van der Waals surface area contributed by atoms with Gasteiger partial charge in [0.2, 0.25) is 22.0 Å². The van der Waals surface area contributed by atoms with Gasteiger partial charge in [-0.15, -0.1) is 12.6 Å². The first-order valence-corrected chi connectivity index (χ1v) is 34.1. The second-order valence-electron chi connectivity index (χ2n) is 28.6. The van der Waals surface area contributed by atoms with E-state index in [1.807, 2.05) is 53.8 Å². The Balaban J connectivity index is 0.000000191. The maximum Gasteiger partial charge on any atom is 0.306 e. The van der Waals surface area contributed by atoms with Crippen molar-refractivity contribution in [1.82, 2.24) is 24.5 Å². The molecule has 20 nitrogen and oxygen atoms in total. The first kappa shape index (κ1) is 67.4. The number of aromatic nitrogens is 4. The normalized spacial score (nSPS) is 32.5. The number of allylic oxidation sites excluding steroid dienone is 2. The fraction of sp³-hybridized carbons (Fsp3) is 0.563. The van der Waals surface area contributed by atoms with Crippen molar-refractivity contribution in [1.29, 1.82) is 0 Å². The number of Topliss-reactive ketones (excluding diaryl/α,β-unsaturated/α-hetero) is 2. The van der Waals surface area contributed by atoms with Crippen molar-refractivity contribution < 1.29 is 62.8 Å². The molecule has 14 atom stereocenters. The number of benzene rings is 2. The summed E-state index contributed by atoms with van der Waals surface area (Å²) in [5.41, 5.74) is 14.5. The Morgan fingerprint density at radius 3 is 1.46 bits per heavy atom. The number of hydrogen-bond acceptors (Lipinski definition) is 16. The van der Waals surface area contributed by atoms with Gasteiger partial charge in [-0.3, -0.25) is 43.2 Å². The molecule has 6 saturated carbocycles. The number of hydrogen-bond donors (Lipinski definition) is 5. The van der Waals surface area contributed by atoms with Crippen LogP contribution >= 0.6 is 24.4 Å². The molecule has 0 aliphatic heterocycles. The molecular weight excluding hydrogens is 1220 g/mol. The van der Waals surface area contributed by atoms with Gasteiger partial charge < -0.3 is 36.1 Å². The number of nitrogens with two attached hydrogens (primary N) is 2. The summed E-state index contributed by atoms with van der Waals surface area (Å²) in [6.45, 7) is 11.9. The Hall–Kier alpha value is -7.01. The van der Waals surface area contributed by atoms with Crippen molar-refractivity contribution in [2.24, 2.45) is 68.6 Å². The summed E-state index contributed by atoms with van der Waals surface area (Å²) in [6.07, 6.45) is 14.6. The van der Waals surface area contributed by atoms with Crippen LogP contribution in [0.15, 0.2) is 72.1 Å². The van der Waals surface area contributed by atoms with Crippen molar-refractivity contribution in [2.45, 2.75) is 181 Å². The molecule has 12 rings (SSSR count). The lowest BCUT2D eigenvalue weighted by molar-refractivity contribution is -0.196. The first-order valence-electron chi connectivity index (χ1n) is 32.9. The van der Waals surface area contributed by atoms with Crippen molar-refractivity contribution >= 4 is 87.3 Å². The highest BCUT2D eigenvalue weighted by molar-refractivity contribution is 8.26. The molecule has 0 bridgehead atoms. The molecule has 2 aromatic heterocycles. The molecule has 8 aliphatic rings. The Bertz CT molecular complexity index is 3820. The van der Waals surface area contributed by atoms with E-state index in [9.17, 15) is 53.4 Å². The molecule has 0 radical (unpaired) electrons. The molecule has 93 heavy (non-hydrogen) atoms. The van der Waals surface area contributed by atoms with E-state index in [1.165, 1.54) is 16.0 Å². The minimum atomic E-state index is -1.50. The lowest BCUT2D eigenvalue weighted by atomic mass is 9.45. The molecule has 6 N–H and O–H groups in total. The Kier molecular flexibility index (Phi) is 18.3. The van der Waals surface area contributed by atoms with Gasteiger partial charge in [-0.1, -0.05) is 77.0 Å². The van der Waals surface area contributed by atoms with Gasteiger partial charge in [-0.05, 0) is 171 Å². The molecule has 0 unspecified atom stereocenters. The van der Waals surface area contributed by atoms with Crippen LogP contribution in [0.4, 0.5) is 4.79 Å². The molecule has 0 spiro atoms. The largest absolute Gasteiger partial charge is 0.449 e. The minimum absolute atomic E-state index is 0.00476. The highest BCUT2D eigenvalue weighted by atomic mass is 32.2. The van der Waals surface area contributed by atoms with E-state index in [-0.39, 0.29) is 103 Å². The van der Waals surface area contributed by atoms with Gasteiger partial charge in [-0.25, -0.2) is 9.36 Å². The van der Waals surface area contributed by atoms with Crippen molar-refractivity contribution in [3.63, 3.8) is 0 Å². The van der Waals surface area contributed by atoms with E-state index in [4.69, 9.17) is 31.1 Å². The monoisotopic (exact) mass is 1310 g/mol. The van der Waals surface area contributed by atoms with E-state index < -0.39 is 73.5 Å². The molecule has 0 saturated heterocycles. The average Bonchev–Trinajstić information content (AvgIpc) is 1.65. The van der Waals surface area contributed by atoms with Gasteiger partial charge in [-0.2, -0.15) is 10.2 Å². The quantitative estimate of drug-likeness (QED) is 0.0396. The number of carbonyl (C=O) groups is 9. The predicted molar refractivity (Wildman–Crippen MR) is 351 cm³/mol. The standard InChI is InChI=1S/C37H46N4O7S.C34H41N3O6S/c1-6-31(45)48-37(33(46)49-34(47)40(4)5)15-14-26-25-11-10-23-17-27-22(18-35(23,2)32(25)29(43)19-36(26,37)3)20-39-41(27)24-9-7-8-21(16-24)28(42)12-13-30(38)44;1-4-29(41)43-34(31(42)44)13-12-24-23-9-8-21-15-25-20(16-32(21,2)30(23)27(39)17-33(24,34)3)18-36-37(25)22-7-5-6-19(14-22)26(38)10-11-28(35)40/h7-9,16-17,20,25-26,29,32,43H,6,10-15,18-19H2,1-5H3,(H2,38,44);5-7,14-15,18,23-24,27,30,39H,4,8-13,16-17H2,1-3H3,(H2,35,40)(H,42,44)/t25-,26-,29-,32+,35-,36-,37-;23-,24-,27-,30+,32-,33-,34-/m00/s1. The summed E-state index contributed by atoms with van der Waals surface area (Å²) in [5.74, 6) is -1.94. The third-order valence-corrected chi connectivity index (χ3v) is 24.9. The number of aliphatic hydroxyl groups is 2. The Morgan fingerprint density at radius 2 is 1.05 bits per heavy atom. The first-order chi connectivity index (χ1) is 44.0. The number of thiol groups is 1. The molecule has 4 aromatic rings. The van der Waals surface area contributed by atoms with Crippen LogP contribution in [-0.4, -0.2) is 123 Å². The van der Waals surface area contributed by atoms with Gasteiger partial charge in [0.15, 0.2) is 22.8 Å². The maximum absolute atomic E-state index is 14.0. The van der Waals surface area contributed by atoms with E-state index in [1.54, 1.807) is 58.3 Å². The number of primary amides is 2. The molecule has 2 aromatic carbocycles. The van der Waals surface area contributed by atoms with E-state index in [0.29, 0.717) is 61.4 Å². The number of esters is 2. The van der Waals surface area contributed by atoms with Crippen molar-refractivity contribution in [3.05, 3.63) is 106 Å². The summed E-state index contributed by atoms with van der Waals surface area (Å²) >= 11 is 4.84. The van der Waals surface area contributed by atoms with Crippen LogP contribution in [0.1, 0.15) is 188 Å². The van der Waals surface area contributed by atoms with Crippen LogP contribution in [0, 0.1) is 57.2 Å². The molecular formula is C71H87N7O13S2. The SMILES string of the molecule is CCC(=O)O[C@]1(C(=O)S)CC[C@H]2[C@@H]3CCC4=Cc5c(cnn5-c5cccc(C(=O)CCC(N)=O)c5)C[C@]4(C)[C@H]3[C@@H](O)C[C@@]21C.CCC(=O)O[C@]1(C(=O)SC(=O)N(C)C)CC[C@H]2[C@@H]3CCC4=Cc5c(cnn5-c5cccc(C(=O)CCC(N)=O)c5)C[C@]4(C)[C@H]3[C@@H](O)C[C@@]21C. The Morgan fingerprint density at radius 1 is 0.634 bits per heavy atom. The molecule has 22 heteroatoms. The maximum atomic E-state index is 14.0. The summed E-state index contributed by atoms with van der Waals surface area (Å²) < 4.78 is 15.8. The molecule has 3 amide bonds. The van der Waals surface area contributed by atoms with Crippen LogP contribution in [0.5, 0.6) is 0 Å². The van der Waals surface area contributed by atoms with Crippen LogP contribution in [0.3, 0.4) is 0 Å².